The third kappa shape index (κ3) is 3.26. The number of aromatic carboxylic acids is 1. The predicted molar refractivity (Wildman–Crippen MR) is 73.3 cm³/mol. The van der Waals surface area contributed by atoms with E-state index >= 15 is 0 Å². The van der Waals surface area contributed by atoms with Crippen molar-refractivity contribution < 1.29 is 19.4 Å². The number of hydrogen-bond acceptors (Lipinski definition) is 4. The van der Waals surface area contributed by atoms with Gasteiger partial charge in [0.25, 0.3) is 0 Å². The number of aryl methyl sites for hydroxylation is 1. The van der Waals surface area contributed by atoms with E-state index in [4.69, 9.17) is 14.6 Å². The van der Waals surface area contributed by atoms with Gasteiger partial charge in [0.1, 0.15) is 11.5 Å². The van der Waals surface area contributed by atoms with Gasteiger partial charge >= 0.3 is 5.97 Å². The van der Waals surface area contributed by atoms with Crippen molar-refractivity contribution in [3.63, 3.8) is 0 Å². The molecule has 2 aromatic rings. The lowest BCUT2D eigenvalue weighted by Gasteiger charge is -2.10. The summed E-state index contributed by atoms with van der Waals surface area (Å²) in [5.74, 6) is 0.414. The summed E-state index contributed by atoms with van der Waals surface area (Å²) in [6.07, 6.45) is 0. The van der Waals surface area contributed by atoms with Gasteiger partial charge in [-0.2, -0.15) is 0 Å². The van der Waals surface area contributed by atoms with E-state index in [1.807, 2.05) is 25.1 Å². The molecular weight excluding hydrogens is 264 g/mol. The molecule has 0 aliphatic heterocycles. The van der Waals surface area contributed by atoms with Crippen molar-refractivity contribution in [1.82, 2.24) is 0 Å². The highest BCUT2D eigenvalue weighted by molar-refractivity contribution is 7.13. The second kappa shape index (κ2) is 5.75. The quantitative estimate of drug-likeness (QED) is 0.911. The van der Waals surface area contributed by atoms with Gasteiger partial charge in [-0.05, 0) is 36.8 Å². The molecule has 0 saturated heterocycles. The van der Waals surface area contributed by atoms with E-state index in [0.29, 0.717) is 23.0 Å². The van der Waals surface area contributed by atoms with Gasteiger partial charge in [-0.3, -0.25) is 0 Å². The third-order valence-corrected chi connectivity index (χ3v) is 3.61. The zero-order valence-corrected chi connectivity index (χ0v) is 11.5. The number of carboxylic acid groups (broad SMARTS) is 1. The van der Waals surface area contributed by atoms with Crippen LogP contribution in [0.25, 0.3) is 0 Å². The maximum absolute atomic E-state index is 10.8. The van der Waals surface area contributed by atoms with Crippen LogP contribution in [-0.2, 0) is 6.61 Å². The average Bonchev–Trinajstić information content (AvgIpc) is 2.86. The van der Waals surface area contributed by atoms with Gasteiger partial charge in [-0.15, -0.1) is 11.3 Å². The highest BCUT2D eigenvalue weighted by Gasteiger charge is 2.09. The summed E-state index contributed by atoms with van der Waals surface area (Å²) < 4.78 is 10.9. The van der Waals surface area contributed by atoms with E-state index in [0.717, 1.165) is 10.4 Å². The number of rotatable bonds is 5. The molecule has 0 bridgehead atoms. The number of carbonyl (C=O) groups is 1. The van der Waals surface area contributed by atoms with Crippen molar-refractivity contribution in [1.29, 1.82) is 0 Å². The molecule has 19 heavy (non-hydrogen) atoms. The highest BCUT2D eigenvalue weighted by Crippen LogP contribution is 2.29. The largest absolute Gasteiger partial charge is 0.493 e. The fraction of sp³-hybridized carbons (Fsp3) is 0.214. The Morgan fingerprint density at radius 3 is 2.68 bits per heavy atom. The molecule has 1 aromatic heterocycles. The zero-order valence-electron chi connectivity index (χ0n) is 10.7. The number of hydrogen-bond donors (Lipinski definition) is 1. The van der Waals surface area contributed by atoms with Crippen LogP contribution in [0.2, 0.25) is 0 Å². The molecule has 0 amide bonds. The maximum Gasteiger partial charge on any atom is 0.345 e. The van der Waals surface area contributed by atoms with Crippen LogP contribution >= 0.6 is 11.3 Å². The summed E-state index contributed by atoms with van der Waals surface area (Å²) >= 11 is 1.21. The van der Waals surface area contributed by atoms with Gasteiger partial charge in [0.2, 0.25) is 0 Å². The van der Waals surface area contributed by atoms with Crippen LogP contribution in [0.3, 0.4) is 0 Å². The lowest BCUT2D eigenvalue weighted by atomic mass is 10.2. The van der Waals surface area contributed by atoms with E-state index < -0.39 is 5.97 Å². The first kappa shape index (κ1) is 13.4. The molecule has 5 heteroatoms. The minimum atomic E-state index is -0.913. The molecule has 0 aliphatic carbocycles. The van der Waals surface area contributed by atoms with Gasteiger partial charge in [-0.25, -0.2) is 4.79 Å². The molecule has 1 aromatic carbocycles. The summed E-state index contributed by atoms with van der Waals surface area (Å²) in [5.41, 5.74) is 1.09. The SMILES string of the molecule is COc1cc(C)ccc1OCc1ccc(C(=O)O)s1. The van der Waals surface area contributed by atoms with Crippen LogP contribution in [0.15, 0.2) is 30.3 Å². The smallest absolute Gasteiger partial charge is 0.345 e. The molecule has 100 valence electrons. The Balaban J connectivity index is 2.07. The Labute approximate surface area is 115 Å². The molecule has 0 unspecified atom stereocenters. The monoisotopic (exact) mass is 278 g/mol. The fourth-order valence-electron chi connectivity index (χ4n) is 1.61. The first-order valence-electron chi connectivity index (χ1n) is 5.69. The molecule has 0 aliphatic rings. The number of methoxy groups -OCH3 is 1. The number of carboxylic acids is 1. The first-order chi connectivity index (χ1) is 9.10. The summed E-state index contributed by atoms with van der Waals surface area (Å²) in [6, 6.07) is 9.02. The minimum absolute atomic E-state index is 0.314. The van der Waals surface area contributed by atoms with Crippen molar-refractivity contribution in [2.45, 2.75) is 13.5 Å². The lowest BCUT2D eigenvalue weighted by molar-refractivity contribution is 0.0702. The van der Waals surface area contributed by atoms with Gasteiger partial charge in [0.15, 0.2) is 11.5 Å². The molecule has 0 atom stereocenters. The first-order valence-corrected chi connectivity index (χ1v) is 6.51. The Hall–Kier alpha value is -2.01. The second-order valence-electron chi connectivity index (χ2n) is 4.01. The number of benzene rings is 1. The highest BCUT2D eigenvalue weighted by atomic mass is 32.1. The van der Waals surface area contributed by atoms with Crippen molar-refractivity contribution in [2.24, 2.45) is 0 Å². The third-order valence-electron chi connectivity index (χ3n) is 2.56. The van der Waals surface area contributed by atoms with Crippen LogP contribution in [0.5, 0.6) is 11.5 Å². The molecule has 0 radical (unpaired) electrons. The van der Waals surface area contributed by atoms with Gasteiger partial charge < -0.3 is 14.6 Å². The molecule has 4 nitrogen and oxygen atoms in total. The molecule has 1 heterocycles. The van der Waals surface area contributed by atoms with Gasteiger partial charge in [-0.1, -0.05) is 6.07 Å². The van der Waals surface area contributed by atoms with E-state index in [9.17, 15) is 4.79 Å². The number of thiophene rings is 1. The Bertz CT molecular complexity index is 589. The molecule has 0 fully saturated rings. The summed E-state index contributed by atoms with van der Waals surface area (Å²) in [5, 5.41) is 8.85. The average molecular weight is 278 g/mol. The summed E-state index contributed by atoms with van der Waals surface area (Å²) in [4.78, 5) is 12.0. The van der Waals surface area contributed by atoms with Crippen molar-refractivity contribution in [3.8, 4) is 11.5 Å². The van der Waals surface area contributed by atoms with Crippen LogP contribution in [-0.4, -0.2) is 18.2 Å². The standard InChI is InChI=1S/C14H14O4S/c1-9-3-5-11(12(7-9)17-2)18-8-10-4-6-13(19-10)14(15)16/h3-7H,8H2,1-2H3,(H,15,16). The molecule has 1 N–H and O–H groups in total. The normalized spacial score (nSPS) is 10.2. The van der Waals surface area contributed by atoms with Crippen LogP contribution < -0.4 is 9.47 Å². The Kier molecular flexibility index (Phi) is 4.06. The van der Waals surface area contributed by atoms with Crippen molar-refractivity contribution in [2.75, 3.05) is 7.11 Å². The van der Waals surface area contributed by atoms with Crippen LogP contribution in [0, 0.1) is 6.92 Å². The van der Waals surface area contributed by atoms with E-state index in [1.165, 1.54) is 11.3 Å². The van der Waals surface area contributed by atoms with Crippen LogP contribution in [0.4, 0.5) is 0 Å². The van der Waals surface area contributed by atoms with Crippen molar-refractivity contribution in [3.05, 3.63) is 45.6 Å². The Morgan fingerprint density at radius 1 is 1.26 bits per heavy atom. The summed E-state index contributed by atoms with van der Waals surface area (Å²) in [7, 11) is 1.59. The van der Waals surface area contributed by atoms with Crippen LogP contribution in [0.1, 0.15) is 20.1 Å². The summed E-state index contributed by atoms with van der Waals surface area (Å²) in [6.45, 7) is 2.31. The van der Waals surface area contributed by atoms with Gasteiger partial charge in [0.05, 0.1) is 7.11 Å². The van der Waals surface area contributed by atoms with E-state index in [2.05, 4.69) is 0 Å². The lowest BCUT2D eigenvalue weighted by Crippen LogP contribution is -1.96. The minimum Gasteiger partial charge on any atom is -0.493 e. The fourth-order valence-corrected chi connectivity index (χ4v) is 2.37. The second-order valence-corrected chi connectivity index (χ2v) is 5.18. The molecule has 2 rings (SSSR count). The van der Waals surface area contributed by atoms with Gasteiger partial charge in [0, 0.05) is 4.88 Å². The van der Waals surface area contributed by atoms with E-state index in [1.54, 1.807) is 19.2 Å². The molecule has 0 spiro atoms. The maximum atomic E-state index is 10.8. The Morgan fingerprint density at radius 2 is 2.05 bits per heavy atom. The molecule has 0 saturated carbocycles. The molecular formula is C14H14O4S. The van der Waals surface area contributed by atoms with Crippen molar-refractivity contribution >= 4 is 17.3 Å². The predicted octanol–water partition coefficient (Wildman–Crippen LogP) is 3.34. The zero-order chi connectivity index (χ0) is 13.8. The number of ether oxygens (including phenoxy) is 2. The van der Waals surface area contributed by atoms with E-state index in [-0.39, 0.29) is 0 Å². The topological polar surface area (TPSA) is 55.8 Å².